The Balaban J connectivity index is 1.63. The highest BCUT2D eigenvalue weighted by Gasteiger charge is 2.31. The average Bonchev–Trinajstić information content (AvgIpc) is 3.18. The van der Waals surface area contributed by atoms with E-state index >= 15 is 0 Å². The SMILES string of the molecule is CC(C)(C)OC(=O)N1CC[C@@H](C[S@@](=O)c2nc3cc([N+](=O)[O-])ccc3s2)C1. The van der Waals surface area contributed by atoms with Gasteiger partial charge in [0.1, 0.15) is 5.60 Å². The Morgan fingerprint density at radius 2 is 2.22 bits per heavy atom. The van der Waals surface area contributed by atoms with Crippen molar-refractivity contribution >= 4 is 44.1 Å². The van der Waals surface area contributed by atoms with Crippen LogP contribution in [0.15, 0.2) is 22.5 Å². The highest BCUT2D eigenvalue weighted by atomic mass is 32.2. The van der Waals surface area contributed by atoms with Crippen LogP contribution in [0.2, 0.25) is 0 Å². The molecule has 0 N–H and O–H groups in total. The third kappa shape index (κ3) is 4.81. The maximum absolute atomic E-state index is 12.7. The smallest absolute Gasteiger partial charge is 0.410 e. The van der Waals surface area contributed by atoms with Crippen LogP contribution < -0.4 is 0 Å². The first-order valence-electron chi connectivity index (χ1n) is 8.53. The first-order chi connectivity index (χ1) is 12.6. The van der Waals surface area contributed by atoms with E-state index in [1.807, 2.05) is 20.8 Å². The van der Waals surface area contributed by atoms with Gasteiger partial charge >= 0.3 is 6.09 Å². The summed E-state index contributed by atoms with van der Waals surface area (Å²) in [6.07, 6.45) is 0.421. The second-order valence-electron chi connectivity index (χ2n) is 7.48. The minimum atomic E-state index is -1.31. The Morgan fingerprint density at radius 3 is 2.89 bits per heavy atom. The summed E-state index contributed by atoms with van der Waals surface area (Å²) < 4.78 is 19.3. The summed E-state index contributed by atoms with van der Waals surface area (Å²) in [4.78, 5) is 28.5. The molecule has 2 heterocycles. The van der Waals surface area contributed by atoms with Crippen molar-refractivity contribution < 1.29 is 18.7 Å². The number of rotatable bonds is 4. The number of nitro benzene ring substituents is 1. The lowest BCUT2D eigenvalue weighted by molar-refractivity contribution is -0.384. The first kappa shape index (κ1) is 19.7. The molecule has 3 rings (SSSR count). The Bertz CT molecular complexity index is 906. The van der Waals surface area contributed by atoms with Gasteiger partial charge in [-0.15, -0.1) is 11.3 Å². The van der Waals surface area contributed by atoms with Crippen LogP contribution in [0.5, 0.6) is 0 Å². The van der Waals surface area contributed by atoms with Crippen LogP contribution in [0.1, 0.15) is 27.2 Å². The Labute approximate surface area is 163 Å². The molecule has 2 atom stereocenters. The molecule has 0 saturated carbocycles. The van der Waals surface area contributed by atoms with E-state index in [4.69, 9.17) is 4.74 Å². The van der Waals surface area contributed by atoms with E-state index in [-0.39, 0.29) is 17.7 Å². The zero-order valence-electron chi connectivity index (χ0n) is 15.3. The molecule has 8 nitrogen and oxygen atoms in total. The molecule has 1 saturated heterocycles. The van der Waals surface area contributed by atoms with Gasteiger partial charge in [0.05, 0.1) is 25.9 Å². The fourth-order valence-corrected chi connectivity index (χ4v) is 5.42. The second-order valence-corrected chi connectivity index (χ2v) is 10.2. The van der Waals surface area contributed by atoms with Gasteiger partial charge in [-0.2, -0.15) is 0 Å². The minimum Gasteiger partial charge on any atom is -0.444 e. The first-order valence-corrected chi connectivity index (χ1v) is 10.7. The number of carbonyl (C=O) groups excluding carboxylic acids is 1. The maximum Gasteiger partial charge on any atom is 0.410 e. The number of ether oxygens (including phenoxy) is 1. The van der Waals surface area contributed by atoms with Gasteiger partial charge in [0.2, 0.25) is 0 Å². The summed E-state index contributed by atoms with van der Waals surface area (Å²) in [5.74, 6) is 0.515. The number of nitro groups is 1. The zero-order valence-corrected chi connectivity index (χ0v) is 17.0. The molecule has 27 heavy (non-hydrogen) atoms. The molecule has 0 radical (unpaired) electrons. The van der Waals surface area contributed by atoms with Gasteiger partial charge in [-0.1, -0.05) is 0 Å². The Morgan fingerprint density at radius 1 is 1.48 bits per heavy atom. The summed E-state index contributed by atoms with van der Waals surface area (Å²) >= 11 is 1.29. The number of amides is 1. The monoisotopic (exact) mass is 411 g/mol. The normalized spacial score (nSPS) is 18.6. The van der Waals surface area contributed by atoms with Gasteiger partial charge in [-0.25, -0.2) is 9.78 Å². The number of fused-ring (bicyclic) bond motifs is 1. The lowest BCUT2D eigenvalue weighted by Crippen LogP contribution is -2.35. The lowest BCUT2D eigenvalue weighted by Gasteiger charge is -2.24. The van der Waals surface area contributed by atoms with E-state index in [1.54, 1.807) is 11.0 Å². The van der Waals surface area contributed by atoms with E-state index in [0.29, 0.717) is 28.7 Å². The molecule has 1 amide bonds. The number of aromatic nitrogens is 1. The number of likely N-dealkylation sites (tertiary alicyclic amines) is 1. The molecule has 1 aromatic carbocycles. The molecule has 146 valence electrons. The number of non-ortho nitro benzene ring substituents is 1. The van der Waals surface area contributed by atoms with Gasteiger partial charge in [0.15, 0.2) is 4.34 Å². The largest absolute Gasteiger partial charge is 0.444 e. The highest BCUT2D eigenvalue weighted by Crippen LogP contribution is 2.29. The Hall–Kier alpha value is -2.07. The number of carbonyl (C=O) groups is 1. The maximum atomic E-state index is 12.7. The van der Waals surface area contributed by atoms with E-state index in [1.165, 1.54) is 23.5 Å². The van der Waals surface area contributed by atoms with E-state index in [9.17, 15) is 19.1 Å². The van der Waals surface area contributed by atoms with E-state index in [0.717, 1.165) is 11.1 Å². The van der Waals surface area contributed by atoms with Crippen LogP contribution in [0.3, 0.4) is 0 Å². The molecular formula is C17H21N3O5S2. The summed E-state index contributed by atoms with van der Waals surface area (Å²) in [5, 5.41) is 10.9. The predicted molar refractivity (Wildman–Crippen MR) is 103 cm³/mol. The second kappa shape index (κ2) is 7.51. The van der Waals surface area contributed by atoms with E-state index < -0.39 is 21.3 Å². The Kier molecular flexibility index (Phi) is 5.48. The molecule has 1 aliphatic heterocycles. The summed E-state index contributed by atoms with van der Waals surface area (Å²) in [6.45, 7) is 6.57. The summed E-state index contributed by atoms with van der Waals surface area (Å²) in [6, 6.07) is 4.45. The topological polar surface area (TPSA) is 103 Å². The fraction of sp³-hybridized carbons (Fsp3) is 0.529. The quantitative estimate of drug-likeness (QED) is 0.563. The van der Waals surface area contributed by atoms with Gasteiger partial charge in [0, 0.05) is 31.0 Å². The summed E-state index contributed by atoms with van der Waals surface area (Å²) in [7, 11) is -1.31. The fourth-order valence-electron chi connectivity index (χ4n) is 2.85. The van der Waals surface area contributed by atoms with Crippen molar-refractivity contribution in [2.24, 2.45) is 5.92 Å². The van der Waals surface area contributed by atoms with Crippen LogP contribution in [-0.2, 0) is 15.5 Å². The lowest BCUT2D eigenvalue weighted by atomic mass is 10.2. The van der Waals surface area contributed by atoms with Crippen LogP contribution in [0, 0.1) is 16.0 Å². The molecule has 2 aromatic rings. The van der Waals surface area contributed by atoms with Crippen LogP contribution in [-0.4, -0.2) is 49.6 Å². The number of hydrogen-bond donors (Lipinski definition) is 0. The summed E-state index contributed by atoms with van der Waals surface area (Å²) in [5.41, 5.74) is -0.0880. The van der Waals surface area contributed by atoms with Gasteiger partial charge < -0.3 is 9.64 Å². The molecule has 0 aliphatic carbocycles. The van der Waals surface area contributed by atoms with Gasteiger partial charge in [-0.05, 0) is 39.2 Å². The molecule has 1 aromatic heterocycles. The molecule has 1 fully saturated rings. The third-order valence-electron chi connectivity index (χ3n) is 4.08. The van der Waals surface area contributed by atoms with Crippen molar-refractivity contribution in [3.63, 3.8) is 0 Å². The van der Waals surface area contributed by atoms with Gasteiger partial charge in [0.25, 0.3) is 5.69 Å². The molecule has 0 spiro atoms. The van der Waals surface area contributed by atoms with Crippen molar-refractivity contribution in [2.45, 2.75) is 37.1 Å². The van der Waals surface area contributed by atoms with Crippen molar-refractivity contribution in [1.82, 2.24) is 9.88 Å². The number of benzene rings is 1. The van der Waals surface area contributed by atoms with Gasteiger partial charge in [-0.3, -0.25) is 14.3 Å². The molecule has 1 aliphatic rings. The highest BCUT2D eigenvalue weighted by molar-refractivity contribution is 7.87. The van der Waals surface area contributed by atoms with Crippen LogP contribution in [0.4, 0.5) is 10.5 Å². The number of nitrogens with zero attached hydrogens (tertiary/aromatic N) is 3. The standard InChI is InChI=1S/C17H21N3O5S2/c1-17(2,3)25-16(21)19-7-6-11(9-19)10-27(24)15-18-13-8-12(20(22)23)4-5-14(13)26-15/h4-5,8,11H,6-7,9-10H2,1-3H3/t11-,27-/m1/s1. The van der Waals surface area contributed by atoms with E-state index in [2.05, 4.69) is 4.98 Å². The molecule has 10 heteroatoms. The van der Waals surface area contributed by atoms with Crippen molar-refractivity contribution in [3.05, 3.63) is 28.3 Å². The molecular weight excluding hydrogens is 390 g/mol. The van der Waals surface area contributed by atoms with Crippen molar-refractivity contribution in [2.75, 3.05) is 18.8 Å². The zero-order chi connectivity index (χ0) is 19.8. The number of hydrogen-bond acceptors (Lipinski definition) is 7. The van der Waals surface area contributed by atoms with Crippen LogP contribution in [0.25, 0.3) is 10.2 Å². The molecule has 0 bridgehead atoms. The number of thiazole rings is 1. The molecule has 0 unspecified atom stereocenters. The van der Waals surface area contributed by atoms with Crippen LogP contribution >= 0.6 is 11.3 Å². The third-order valence-corrected chi connectivity index (χ3v) is 6.98. The average molecular weight is 412 g/mol. The minimum absolute atomic E-state index is 0.0334. The van der Waals surface area contributed by atoms with Crippen molar-refractivity contribution in [1.29, 1.82) is 0 Å². The predicted octanol–water partition coefficient (Wildman–Crippen LogP) is 3.57. The van der Waals surface area contributed by atoms with Crippen molar-refractivity contribution in [3.8, 4) is 0 Å².